The number of hydrogen-bond donors (Lipinski definition) is 1. The molecule has 0 bridgehead atoms. The highest BCUT2D eigenvalue weighted by molar-refractivity contribution is 6.36. The van der Waals surface area contributed by atoms with Crippen LogP contribution < -0.4 is 14.8 Å². The maximum absolute atomic E-state index is 13.4. The Morgan fingerprint density at radius 1 is 0.912 bits per heavy atom. The zero-order chi connectivity index (χ0) is 24.7. The van der Waals surface area contributed by atoms with E-state index in [2.05, 4.69) is 19.2 Å². The summed E-state index contributed by atoms with van der Waals surface area (Å²) in [5.74, 6) is 0.979. The van der Waals surface area contributed by atoms with Gasteiger partial charge in [0.15, 0.2) is 0 Å². The normalized spacial score (nSPS) is 13.9. The van der Waals surface area contributed by atoms with Gasteiger partial charge in [-0.25, -0.2) is 0 Å². The molecule has 3 rings (SSSR count). The van der Waals surface area contributed by atoms with E-state index in [-0.39, 0.29) is 30.9 Å². The van der Waals surface area contributed by atoms with E-state index in [9.17, 15) is 9.59 Å². The highest BCUT2D eigenvalue weighted by Crippen LogP contribution is 2.34. The van der Waals surface area contributed by atoms with E-state index in [1.54, 1.807) is 12.1 Å². The number of carbonyl (C=O) groups is 2. The molecule has 0 saturated carbocycles. The Morgan fingerprint density at radius 2 is 1.62 bits per heavy atom. The minimum absolute atomic E-state index is 0.00860. The van der Waals surface area contributed by atoms with Crippen molar-refractivity contribution in [2.45, 2.75) is 40.7 Å². The van der Waals surface area contributed by atoms with Gasteiger partial charge in [0.05, 0.1) is 43.7 Å². The lowest BCUT2D eigenvalue weighted by Crippen LogP contribution is -2.35. The number of nitrogens with zero attached hydrogens (tertiary/aromatic N) is 1. The first-order valence-electron chi connectivity index (χ1n) is 11.8. The number of amides is 2. The molecule has 7 nitrogen and oxygen atoms in total. The van der Waals surface area contributed by atoms with E-state index < -0.39 is 5.91 Å². The zero-order valence-electron chi connectivity index (χ0n) is 20.6. The molecule has 2 aromatic rings. The number of ether oxygens (including phenoxy) is 3. The number of benzene rings is 2. The van der Waals surface area contributed by atoms with Crippen LogP contribution in [0, 0.1) is 5.92 Å². The summed E-state index contributed by atoms with van der Waals surface area (Å²) in [5, 5.41) is 3.18. The van der Waals surface area contributed by atoms with E-state index in [1.165, 1.54) is 4.90 Å². The topological polar surface area (TPSA) is 77.1 Å². The second-order valence-corrected chi connectivity index (χ2v) is 8.71. The summed E-state index contributed by atoms with van der Waals surface area (Å²) < 4.78 is 17.1. The minimum Gasteiger partial charge on any atom is -0.493 e. The van der Waals surface area contributed by atoms with E-state index in [1.807, 2.05) is 57.2 Å². The fraction of sp³-hybridized carbons (Fsp3) is 0.407. The third-order valence-electron chi connectivity index (χ3n) is 5.11. The molecule has 0 radical (unpaired) electrons. The number of imide groups is 1. The summed E-state index contributed by atoms with van der Waals surface area (Å²) in [4.78, 5) is 28.0. The van der Waals surface area contributed by atoms with Gasteiger partial charge in [0.2, 0.25) is 0 Å². The second kappa shape index (κ2) is 11.7. The Labute approximate surface area is 201 Å². The zero-order valence-corrected chi connectivity index (χ0v) is 20.6. The van der Waals surface area contributed by atoms with Gasteiger partial charge in [-0.15, -0.1) is 0 Å². The van der Waals surface area contributed by atoms with Gasteiger partial charge in [0, 0.05) is 0 Å². The number of hydrogen-bond acceptors (Lipinski definition) is 6. The van der Waals surface area contributed by atoms with E-state index >= 15 is 0 Å². The SMILES string of the molecule is CCOc1ccccc1NC1=C(c2ccc(OCC(C)C)cc2)C(=O)N(CCOC(C)C)C1=O. The fourth-order valence-corrected chi connectivity index (χ4v) is 3.51. The number of para-hydroxylation sites is 2. The molecule has 2 aromatic carbocycles. The van der Waals surface area contributed by atoms with Crippen LogP contribution in [0.25, 0.3) is 5.57 Å². The van der Waals surface area contributed by atoms with Crippen molar-refractivity contribution in [1.29, 1.82) is 0 Å². The van der Waals surface area contributed by atoms with Crippen LogP contribution in [0.1, 0.15) is 40.2 Å². The van der Waals surface area contributed by atoms with E-state index in [0.29, 0.717) is 47.5 Å². The predicted molar refractivity (Wildman–Crippen MR) is 133 cm³/mol. The van der Waals surface area contributed by atoms with Crippen LogP contribution in [0.15, 0.2) is 54.2 Å². The molecular formula is C27H34N2O5. The van der Waals surface area contributed by atoms with Crippen LogP contribution in [0.4, 0.5) is 5.69 Å². The molecule has 0 spiro atoms. The summed E-state index contributed by atoms with van der Waals surface area (Å²) in [6.45, 7) is 11.4. The van der Waals surface area contributed by atoms with E-state index in [4.69, 9.17) is 14.2 Å². The van der Waals surface area contributed by atoms with Gasteiger partial charge in [0.25, 0.3) is 11.8 Å². The molecule has 182 valence electrons. The van der Waals surface area contributed by atoms with Gasteiger partial charge in [0.1, 0.15) is 17.2 Å². The molecular weight excluding hydrogens is 432 g/mol. The molecule has 0 atom stereocenters. The first-order valence-corrected chi connectivity index (χ1v) is 11.8. The summed E-state index contributed by atoms with van der Waals surface area (Å²) >= 11 is 0. The lowest BCUT2D eigenvalue weighted by Gasteiger charge is -2.17. The molecule has 0 unspecified atom stereocenters. The third-order valence-corrected chi connectivity index (χ3v) is 5.11. The van der Waals surface area contributed by atoms with Crippen molar-refractivity contribution < 1.29 is 23.8 Å². The first-order chi connectivity index (χ1) is 16.3. The average molecular weight is 467 g/mol. The summed E-state index contributed by atoms with van der Waals surface area (Å²) in [6, 6.07) is 14.6. The van der Waals surface area contributed by atoms with Gasteiger partial charge >= 0.3 is 0 Å². The van der Waals surface area contributed by atoms with Crippen LogP contribution >= 0.6 is 0 Å². The van der Waals surface area contributed by atoms with Crippen molar-refractivity contribution in [2.24, 2.45) is 5.92 Å². The van der Waals surface area contributed by atoms with Crippen molar-refractivity contribution in [3.8, 4) is 11.5 Å². The van der Waals surface area contributed by atoms with Gasteiger partial charge in [-0.05, 0) is 56.5 Å². The standard InChI is InChI=1S/C27H34N2O5/c1-6-32-23-10-8-7-9-22(23)28-25-24(20-11-13-21(14-12-20)34-17-18(2)3)26(30)29(27(25)31)15-16-33-19(4)5/h7-14,18-19,28H,6,15-17H2,1-5H3. The number of carbonyl (C=O) groups excluding carboxylic acids is 2. The molecule has 1 heterocycles. The molecule has 1 aliphatic heterocycles. The van der Waals surface area contributed by atoms with Crippen LogP contribution in [0.5, 0.6) is 11.5 Å². The maximum Gasteiger partial charge on any atom is 0.278 e. The molecule has 0 saturated heterocycles. The lowest BCUT2D eigenvalue weighted by atomic mass is 10.0. The van der Waals surface area contributed by atoms with Gasteiger partial charge in [-0.1, -0.05) is 38.1 Å². The van der Waals surface area contributed by atoms with Crippen molar-refractivity contribution in [1.82, 2.24) is 4.90 Å². The van der Waals surface area contributed by atoms with Crippen molar-refractivity contribution in [2.75, 3.05) is 31.7 Å². The molecule has 7 heteroatoms. The number of nitrogens with one attached hydrogen (secondary N) is 1. The van der Waals surface area contributed by atoms with Crippen molar-refractivity contribution in [3.63, 3.8) is 0 Å². The maximum atomic E-state index is 13.4. The first kappa shape index (κ1) is 25.3. The van der Waals surface area contributed by atoms with Crippen LogP contribution in [-0.4, -0.2) is 49.2 Å². The monoisotopic (exact) mass is 466 g/mol. The highest BCUT2D eigenvalue weighted by atomic mass is 16.5. The van der Waals surface area contributed by atoms with E-state index in [0.717, 1.165) is 0 Å². The van der Waals surface area contributed by atoms with Crippen LogP contribution in [0.2, 0.25) is 0 Å². The lowest BCUT2D eigenvalue weighted by molar-refractivity contribution is -0.137. The summed E-state index contributed by atoms with van der Waals surface area (Å²) in [7, 11) is 0. The number of rotatable bonds is 12. The van der Waals surface area contributed by atoms with Gasteiger partial charge in [-0.2, -0.15) is 0 Å². The molecule has 2 amide bonds. The summed E-state index contributed by atoms with van der Waals surface area (Å²) in [6.07, 6.45) is 0.00860. The third kappa shape index (κ3) is 6.17. The second-order valence-electron chi connectivity index (χ2n) is 8.71. The average Bonchev–Trinajstić information content (AvgIpc) is 3.03. The highest BCUT2D eigenvalue weighted by Gasteiger charge is 2.39. The molecule has 0 aromatic heterocycles. The smallest absolute Gasteiger partial charge is 0.278 e. The van der Waals surface area contributed by atoms with Gasteiger partial charge < -0.3 is 19.5 Å². The molecule has 1 aliphatic rings. The minimum atomic E-state index is -0.390. The van der Waals surface area contributed by atoms with Gasteiger partial charge in [-0.3, -0.25) is 14.5 Å². The molecule has 0 aliphatic carbocycles. The number of anilines is 1. The van der Waals surface area contributed by atoms with Crippen LogP contribution in [0.3, 0.4) is 0 Å². The van der Waals surface area contributed by atoms with Crippen LogP contribution in [-0.2, 0) is 14.3 Å². The van der Waals surface area contributed by atoms with Crippen molar-refractivity contribution >= 4 is 23.1 Å². The largest absolute Gasteiger partial charge is 0.493 e. The predicted octanol–water partition coefficient (Wildman–Crippen LogP) is 4.74. The quantitative estimate of drug-likeness (QED) is 0.456. The molecule has 0 fully saturated rings. The Bertz CT molecular complexity index is 1030. The Balaban J connectivity index is 1.95. The van der Waals surface area contributed by atoms with Crippen molar-refractivity contribution in [3.05, 3.63) is 59.8 Å². The molecule has 34 heavy (non-hydrogen) atoms. The Kier molecular flexibility index (Phi) is 8.71. The molecule has 1 N–H and O–H groups in total. The summed E-state index contributed by atoms with van der Waals surface area (Å²) in [5.41, 5.74) is 1.79. The Hall–Kier alpha value is -3.32. The Morgan fingerprint density at radius 3 is 2.26 bits per heavy atom. The fourth-order valence-electron chi connectivity index (χ4n) is 3.51.